The largest absolute Gasteiger partial charge is 0.496 e. The van der Waals surface area contributed by atoms with Crippen molar-refractivity contribution in [3.8, 4) is 5.75 Å². The molecule has 0 aromatic heterocycles. The van der Waals surface area contributed by atoms with E-state index in [0.29, 0.717) is 19.5 Å². The number of methoxy groups -OCH3 is 1. The van der Waals surface area contributed by atoms with Crippen molar-refractivity contribution in [2.75, 3.05) is 13.7 Å². The van der Waals surface area contributed by atoms with Gasteiger partial charge in [0.05, 0.1) is 12.7 Å². The maximum Gasteiger partial charge on any atom is 0.335 e. The molecule has 2 aromatic rings. The molecule has 2 aromatic carbocycles. The van der Waals surface area contributed by atoms with E-state index in [1.165, 1.54) is 12.1 Å². The summed E-state index contributed by atoms with van der Waals surface area (Å²) in [6.07, 6.45) is 0.706. The minimum absolute atomic E-state index is 0.224. The third kappa shape index (κ3) is 5.53. The smallest absolute Gasteiger partial charge is 0.335 e. The van der Waals surface area contributed by atoms with Crippen molar-refractivity contribution in [1.82, 2.24) is 10.6 Å². The number of carboxylic acid groups (broad SMARTS) is 1. The van der Waals surface area contributed by atoms with Crippen LogP contribution in [0.2, 0.25) is 0 Å². The molecule has 0 aliphatic rings. The quantitative estimate of drug-likeness (QED) is 0.722. The van der Waals surface area contributed by atoms with Gasteiger partial charge in [0.15, 0.2) is 0 Å². The summed E-state index contributed by atoms with van der Waals surface area (Å²) in [5.41, 5.74) is 3.23. The number of aromatic carboxylic acids is 1. The number of benzene rings is 2. The summed E-state index contributed by atoms with van der Waals surface area (Å²) >= 11 is 0. The van der Waals surface area contributed by atoms with E-state index in [1.54, 1.807) is 19.2 Å². The van der Waals surface area contributed by atoms with Crippen LogP contribution in [0.1, 0.15) is 27.0 Å². The van der Waals surface area contributed by atoms with Gasteiger partial charge in [-0.1, -0.05) is 24.3 Å². The number of carboxylic acids is 1. The summed E-state index contributed by atoms with van der Waals surface area (Å²) in [5, 5.41) is 14.4. The highest BCUT2D eigenvalue weighted by atomic mass is 16.5. The van der Waals surface area contributed by atoms with Crippen LogP contribution in [0.25, 0.3) is 0 Å². The molecule has 25 heavy (non-hydrogen) atoms. The average Bonchev–Trinajstić information content (AvgIpc) is 2.61. The molecule has 132 valence electrons. The first-order valence-electron chi connectivity index (χ1n) is 7.97. The molecule has 0 radical (unpaired) electrons. The predicted molar refractivity (Wildman–Crippen MR) is 95.1 cm³/mol. The van der Waals surface area contributed by atoms with Crippen molar-refractivity contribution in [2.24, 2.45) is 0 Å². The molecule has 0 atom stereocenters. The second kappa shape index (κ2) is 8.73. The zero-order valence-corrected chi connectivity index (χ0v) is 14.3. The molecule has 3 N–H and O–H groups in total. The van der Waals surface area contributed by atoms with E-state index >= 15 is 0 Å². The number of rotatable bonds is 7. The van der Waals surface area contributed by atoms with Gasteiger partial charge in [0.2, 0.25) is 0 Å². The monoisotopic (exact) mass is 342 g/mol. The zero-order chi connectivity index (χ0) is 18.2. The number of hydrogen-bond acceptors (Lipinski definition) is 3. The topological polar surface area (TPSA) is 87.7 Å². The SMILES string of the molecule is COc1cc(CCNC(=O)NCc2ccc(C(=O)O)cc2)ccc1C. The lowest BCUT2D eigenvalue weighted by Gasteiger charge is -2.10. The summed E-state index contributed by atoms with van der Waals surface area (Å²) < 4.78 is 5.29. The van der Waals surface area contributed by atoms with Crippen LogP contribution in [0, 0.1) is 6.92 Å². The summed E-state index contributed by atoms with van der Waals surface area (Å²) in [6, 6.07) is 12.1. The summed E-state index contributed by atoms with van der Waals surface area (Å²) in [6.45, 7) is 2.83. The average molecular weight is 342 g/mol. The minimum atomic E-state index is -0.968. The van der Waals surface area contributed by atoms with E-state index in [0.717, 1.165) is 22.4 Å². The van der Waals surface area contributed by atoms with Crippen LogP contribution in [-0.2, 0) is 13.0 Å². The fourth-order valence-corrected chi connectivity index (χ4v) is 2.35. The van der Waals surface area contributed by atoms with Crippen molar-refractivity contribution < 1.29 is 19.4 Å². The lowest BCUT2D eigenvalue weighted by molar-refractivity contribution is 0.0697. The van der Waals surface area contributed by atoms with E-state index in [1.807, 2.05) is 25.1 Å². The third-order valence-corrected chi connectivity index (χ3v) is 3.83. The van der Waals surface area contributed by atoms with E-state index in [4.69, 9.17) is 9.84 Å². The van der Waals surface area contributed by atoms with Crippen LogP contribution < -0.4 is 15.4 Å². The van der Waals surface area contributed by atoms with Gasteiger partial charge in [0.1, 0.15) is 5.75 Å². The minimum Gasteiger partial charge on any atom is -0.496 e. The van der Waals surface area contributed by atoms with Crippen molar-refractivity contribution in [1.29, 1.82) is 0 Å². The molecule has 0 unspecified atom stereocenters. The highest BCUT2D eigenvalue weighted by Crippen LogP contribution is 2.18. The molecule has 6 nitrogen and oxygen atoms in total. The van der Waals surface area contributed by atoms with Gasteiger partial charge in [-0.3, -0.25) is 0 Å². The number of urea groups is 1. The Morgan fingerprint density at radius 3 is 2.36 bits per heavy atom. The van der Waals surface area contributed by atoms with Crippen LogP contribution in [0.15, 0.2) is 42.5 Å². The molecule has 0 bridgehead atoms. The Kier molecular flexibility index (Phi) is 6.39. The normalized spacial score (nSPS) is 10.2. The van der Waals surface area contributed by atoms with Crippen molar-refractivity contribution >= 4 is 12.0 Å². The molecule has 0 fully saturated rings. The standard InChI is InChI=1S/C19H22N2O4/c1-13-3-4-14(11-17(13)25-2)9-10-20-19(24)21-12-15-5-7-16(8-6-15)18(22)23/h3-8,11H,9-10,12H2,1-2H3,(H,22,23)(H2,20,21,24). The number of nitrogens with one attached hydrogen (secondary N) is 2. The first kappa shape index (κ1) is 18.3. The second-order valence-corrected chi connectivity index (χ2v) is 5.67. The van der Waals surface area contributed by atoms with Gasteiger partial charge >= 0.3 is 12.0 Å². The Hall–Kier alpha value is -3.02. The maximum absolute atomic E-state index is 11.8. The number of amides is 2. The number of aryl methyl sites for hydroxylation is 1. The Labute approximate surface area is 146 Å². The summed E-state index contributed by atoms with van der Waals surface area (Å²) in [7, 11) is 1.64. The van der Waals surface area contributed by atoms with Gasteiger partial charge in [-0.25, -0.2) is 9.59 Å². The maximum atomic E-state index is 11.8. The molecular formula is C19H22N2O4. The number of hydrogen-bond donors (Lipinski definition) is 3. The van der Waals surface area contributed by atoms with E-state index in [-0.39, 0.29) is 11.6 Å². The molecule has 6 heteroatoms. The Morgan fingerprint density at radius 1 is 1.04 bits per heavy atom. The van der Waals surface area contributed by atoms with Gasteiger partial charge in [-0.15, -0.1) is 0 Å². The molecule has 0 saturated heterocycles. The van der Waals surface area contributed by atoms with Gasteiger partial charge in [0, 0.05) is 13.1 Å². The molecule has 2 rings (SSSR count). The van der Waals surface area contributed by atoms with Crippen LogP contribution in [0.3, 0.4) is 0 Å². The Balaban J connectivity index is 1.74. The lowest BCUT2D eigenvalue weighted by Crippen LogP contribution is -2.36. The lowest BCUT2D eigenvalue weighted by atomic mass is 10.1. The molecular weight excluding hydrogens is 320 g/mol. The fourth-order valence-electron chi connectivity index (χ4n) is 2.35. The highest BCUT2D eigenvalue weighted by molar-refractivity contribution is 5.87. The molecule has 2 amide bonds. The Morgan fingerprint density at radius 2 is 1.72 bits per heavy atom. The van der Waals surface area contributed by atoms with Crippen LogP contribution in [0.5, 0.6) is 5.75 Å². The third-order valence-electron chi connectivity index (χ3n) is 3.83. The molecule has 0 heterocycles. The van der Waals surface area contributed by atoms with Crippen LogP contribution in [-0.4, -0.2) is 30.8 Å². The number of carbonyl (C=O) groups excluding carboxylic acids is 1. The second-order valence-electron chi connectivity index (χ2n) is 5.67. The van der Waals surface area contributed by atoms with Gasteiger partial charge in [-0.2, -0.15) is 0 Å². The van der Waals surface area contributed by atoms with Gasteiger partial charge in [0.25, 0.3) is 0 Å². The van der Waals surface area contributed by atoms with Gasteiger partial charge in [-0.05, 0) is 48.2 Å². The van der Waals surface area contributed by atoms with E-state index < -0.39 is 5.97 Å². The van der Waals surface area contributed by atoms with Gasteiger partial charge < -0.3 is 20.5 Å². The fraction of sp³-hybridized carbons (Fsp3) is 0.263. The molecule has 0 saturated carbocycles. The highest BCUT2D eigenvalue weighted by Gasteiger charge is 2.04. The van der Waals surface area contributed by atoms with Crippen LogP contribution in [0.4, 0.5) is 4.79 Å². The van der Waals surface area contributed by atoms with Crippen molar-refractivity contribution in [3.05, 3.63) is 64.7 Å². The summed E-state index contributed by atoms with van der Waals surface area (Å²) in [5.74, 6) is -0.128. The Bertz CT molecular complexity index is 742. The molecule has 0 aliphatic carbocycles. The van der Waals surface area contributed by atoms with Crippen LogP contribution >= 0.6 is 0 Å². The van der Waals surface area contributed by atoms with E-state index in [9.17, 15) is 9.59 Å². The first-order chi connectivity index (χ1) is 12.0. The van der Waals surface area contributed by atoms with Crippen molar-refractivity contribution in [3.63, 3.8) is 0 Å². The zero-order valence-electron chi connectivity index (χ0n) is 14.3. The van der Waals surface area contributed by atoms with Crippen molar-refractivity contribution in [2.45, 2.75) is 19.9 Å². The number of ether oxygens (including phenoxy) is 1. The summed E-state index contributed by atoms with van der Waals surface area (Å²) in [4.78, 5) is 22.6. The number of carbonyl (C=O) groups is 2. The predicted octanol–water partition coefficient (Wildman–Crippen LogP) is 2.74. The van der Waals surface area contributed by atoms with E-state index in [2.05, 4.69) is 10.6 Å². The first-order valence-corrected chi connectivity index (χ1v) is 7.97. The molecule has 0 aliphatic heterocycles. The molecule has 0 spiro atoms.